The van der Waals surface area contributed by atoms with Crippen molar-refractivity contribution >= 4 is 24.1 Å². The van der Waals surface area contributed by atoms with E-state index in [2.05, 4.69) is 32.3 Å². The topological polar surface area (TPSA) is 120 Å². The van der Waals surface area contributed by atoms with Crippen molar-refractivity contribution in [1.82, 2.24) is 10.2 Å². The van der Waals surface area contributed by atoms with E-state index in [9.17, 15) is 19.2 Å². The molecule has 10 nitrogen and oxygen atoms in total. The number of alkyl carbamates (subject to hydrolysis) is 1. The van der Waals surface area contributed by atoms with Crippen LogP contribution in [-0.2, 0) is 28.5 Å². The van der Waals surface area contributed by atoms with Crippen LogP contribution in [0.5, 0.6) is 0 Å². The molecule has 4 aliphatic rings. The van der Waals surface area contributed by atoms with E-state index in [-0.39, 0.29) is 29.5 Å². The number of nitrogens with one attached hydrogen (secondary N) is 1. The van der Waals surface area contributed by atoms with Crippen molar-refractivity contribution in [3.63, 3.8) is 0 Å². The van der Waals surface area contributed by atoms with Crippen LogP contribution in [0.4, 0.5) is 9.59 Å². The van der Waals surface area contributed by atoms with Crippen LogP contribution in [0, 0.1) is 29.1 Å². The van der Waals surface area contributed by atoms with Crippen LogP contribution in [0.3, 0.4) is 0 Å². The molecule has 3 atom stereocenters. The predicted molar refractivity (Wildman–Crippen MR) is 169 cm³/mol. The van der Waals surface area contributed by atoms with E-state index in [0.717, 1.165) is 64.2 Å². The van der Waals surface area contributed by atoms with Crippen molar-refractivity contribution in [2.45, 2.75) is 110 Å². The fourth-order valence-electron chi connectivity index (χ4n) is 7.98. The summed E-state index contributed by atoms with van der Waals surface area (Å²) in [5, 5.41) is 3.09. The van der Waals surface area contributed by atoms with Crippen molar-refractivity contribution < 1.29 is 38.1 Å². The lowest BCUT2D eigenvalue weighted by atomic mass is 9.70. The van der Waals surface area contributed by atoms with Crippen LogP contribution in [0.25, 0.3) is 0 Å². The Balaban J connectivity index is 1.15. The highest BCUT2D eigenvalue weighted by atomic mass is 16.6. The minimum absolute atomic E-state index is 0.0768. The van der Waals surface area contributed by atoms with Gasteiger partial charge in [0.25, 0.3) is 0 Å². The van der Waals surface area contributed by atoms with Crippen molar-refractivity contribution in [3.05, 3.63) is 24.3 Å². The first-order chi connectivity index (χ1) is 21.2. The number of likely N-dealkylation sites (tertiary alicyclic amines) is 1. The Morgan fingerprint density at radius 1 is 0.689 bits per heavy atom. The Morgan fingerprint density at radius 3 is 1.56 bits per heavy atom. The Bertz CT molecular complexity index is 1120. The summed E-state index contributed by atoms with van der Waals surface area (Å²) in [5.74, 6) is 0.618. The number of carbonyl (C=O) groups is 4. The van der Waals surface area contributed by atoms with Crippen LogP contribution in [0.2, 0.25) is 0 Å². The molecule has 10 heteroatoms. The van der Waals surface area contributed by atoms with Crippen molar-refractivity contribution in [3.8, 4) is 0 Å². The second-order valence-electron chi connectivity index (χ2n) is 15.0. The molecule has 45 heavy (non-hydrogen) atoms. The highest BCUT2D eigenvalue weighted by Crippen LogP contribution is 2.51. The number of fused-ring (bicyclic) bond motifs is 2. The van der Waals surface area contributed by atoms with E-state index < -0.39 is 11.6 Å². The summed E-state index contributed by atoms with van der Waals surface area (Å²) in [6.45, 7) is 17.1. The summed E-state index contributed by atoms with van der Waals surface area (Å²) in [6, 6.07) is -0.0768. The van der Waals surface area contributed by atoms with E-state index in [4.69, 9.17) is 18.9 Å². The number of carbonyl (C=O) groups excluding carboxylic acids is 4. The molecular formula is C35H54N2O8. The van der Waals surface area contributed by atoms with Crippen molar-refractivity contribution in [2.75, 3.05) is 33.0 Å². The van der Waals surface area contributed by atoms with E-state index in [0.29, 0.717) is 74.2 Å². The Kier molecular flexibility index (Phi) is 11.6. The zero-order chi connectivity index (χ0) is 32.8. The lowest BCUT2D eigenvalue weighted by Crippen LogP contribution is -2.51. The third-order valence-electron chi connectivity index (χ3n) is 10.4. The molecule has 1 aliphatic heterocycles. The van der Waals surface area contributed by atoms with Gasteiger partial charge in [-0.15, -0.1) is 0 Å². The first kappa shape index (κ1) is 34.8. The average Bonchev–Trinajstić information content (AvgIpc) is 3.20. The summed E-state index contributed by atoms with van der Waals surface area (Å²) in [6.07, 6.45) is 9.19. The largest absolute Gasteiger partial charge is 0.462 e. The van der Waals surface area contributed by atoms with Gasteiger partial charge in [-0.1, -0.05) is 20.1 Å². The standard InChI is InChI=1S/C35H54N2O8/c1-23(2)30(38)42-17-25-7-11-27(12-8-25)19-44-32(40)36-29-15-34(5)21-35(6,16-29)37(22-34)33(41)45-20-28-13-9-26(10-14-28)18-43-31(39)24(3)4/h25-29H,1,3,7-22H2,2,4-6H3,(H,36,40). The number of hydrogen-bond acceptors (Lipinski definition) is 8. The Labute approximate surface area is 268 Å². The molecule has 0 radical (unpaired) electrons. The number of ether oxygens (including phenoxy) is 4. The molecule has 3 saturated carbocycles. The lowest BCUT2D eigenvalue weighted by Gasteiger charge is -2.41. The van der Waals surface area contributed by atoms with Crippen LogP contribution in [0.15, 0.2) is 24.3 Å². The molecule has 4 rings (SSSR count). The lowest BCUT2D eigenvalue weighted by molar-refractivity contribution is -0.141. The highest BCUT2D eigenvalue weighted by Gasteiger charge is 2.56. The smallest absolute Gasteiger partial charge is 0.410 e. The molecule has 0 spiro atoms. The molecule has 0 aromatic carbocycles. The Hall–Kier alpha value is -3.04. The molecule has 0 aromatic heterocycles. The van der Waals surface area contributed by atoms with Gasteiger partial charge in [0.2, 0.25) is 0 Å². The molecule has 252 valence electrons. The molecule has 1 heterocycles. The maximum atomic E-state index is 13.3. The van der Waals surface area contributed by atoms with Gasteiger partial charge in [-0.25, -0.2) is 19.2 Å². The van der Waals surface area contributed by atoms with E-state index in [1.54, 1.807) is 13.8 Å². The summed E-state index contributed by atoms with van der Waals surface area (Å²) in [4.78, 5) is 51.3. The zero-order valence-corrected chi connectivity index (χ0v) is 27.8. The minimum atomic E-state index is -0.398. The fraction of sp³-hybridized carbons (Fsp3) is 0.771. The van der Waals surface area contributed by atoms with Gasteiger partial charge in [-0.05, 0) is 120 Å². The van der Waals surface area contributed by atoms with Crippen LogP contribution in [0.1, 0.15) is 98.3 Å². The fourth-order valence-corrected chi connectivity index (χ4v) is 7.98. The molecule has 3 aliphatic carbocycles. The van der Waals surface area contributed by atoms with E-state index in [1.165, 1.54) is 0 Å². The second kappa shape index (κ2) is 15.0. The van der Waals surface area contributed by atoms with E-state index in [1.807, 2.05) is 4.90 Å². The monoisotopic (exact) mass is 630 g/mol. The molecule has 1 N–H and O–H groups in total. The number of rotatable bonds is 11. The molecule has 2 amide bonds. The van der Waals surface area contributed by atoms with Gasteiger partial charge in [0.15, 0.2) is 0 Å². The van der Waals surface area contributed by atoms with Gasteiger partial charge in [0.1, 0.15) is 0 Å². The first-order valence-electron chi connectivity index (χ1n) is 16.8. The summed E-state index contributed by atoms with van der Waals surface area (Å²) >= 11 is 0. The van der Waals surface area contributed by atoms with Gasteiger partial charge in [0, 0.05) is 29.3 Å². The Morgan fingerprint density at radius 2 is 1.11 bits per heavy atom. The zero-order valence-electron chi connectivity index (χ0n) is 27.8. The van der Waals surface area contributed by atoms with Crippen LogP contribution < -0.4 is 5.32 Å². The number of hydrogen-bond donors (Lipinski definition) is 1. The summed E-state index contributed by atoms with van der Waals surface area (Å²) in [5.41, 5.74) is 0.337. The van der Waals surface area contributed by atoms with Gasteiger partial charge in [-0.3, -0.25) is 0 Å². The predicted octanol–water partition coefficient (Wildman–Crippen LogP) is 6.33. The number of nitrogens with zero attached hydrogens (tertiary/aromatic N) is 1. The first-order valence-corrected chi connectivity index (χ1v) is 16.8. The van der Waals surface area contributed by atoms with Crippen molar-refractivity contribution in [2.24, 2.45) is 29.1 Å². The SMILES string of the molecule is C=C(C)C(=O)OCC1CCC(COC(=O)NC2CC3(C)CN(C(=O)OCC4CCC(COC(=O)C(=C)C)CC4)C(C)(C2)C3)CC1. The highest BCUT2D eigenvalue weighted by molar-refractivity contribution is 5.87. The third-order valence-corrected chi connectivity index (χ3v) is 10.4. The van der Waals surface area contributed by atoms with Crippen LogP contribution >= 0.6 is 0 Å². The van der Waals surface area contributed by atoms with Crippen LogP contribution in [-0.4, -0.2) is 73.6 Å². The van der Waals surface area contributed by atoms with Gasteiger partial charge >= 0.3 is 24.1 Å². The molecular weight excluding hydrogens is 576 g/mol. The molecule has 4 fully saturated rings. The van der Waals surface area contributed by atoms with Gasteiger partial charge in [0.05, 0.1) is 26.4 Å². The molecule has 0 aromatic rings. The third kappa shape index (κ3) is 9.72. The minimum Gasteiger partial charge on any atom is -0.462 e. The maximum Gasteiger partial charge on any atom is 0.410 e. The molecule has 3 unspecified atom stereocenters. The molecule has 1 saturated heterocycles. The van der Waals surface area contributed by atoms with Gasteiger partial charge < -0.3 is 29.2 Å². The quantitative estimate of drug-likeness (QED) is 0.160. The van der Waals surface area contributed by atoms with E-state index >= 15 is 0 Å². The van der Waals surface area contributed by atoms with Gasteiger partial charge in [-0.2, -0.15) is 0 Å². The summed E-state index contributed by atoms with van der Waals surface area (Å²) in [7, 11) is 0. The maximum absolute atomic E-state index is 13.3. The number of esters is 2. The normalized spacial score (nSPS) is 32.6. The average molecular weight is 631 g/mol. The number of amides is 2. The van der Waals surface area contributed by atoms with Crippen molar-refractivity contribution in [1.29, 1.82) is 0 Å². The summed E-state index contributed by atoms with van der Waals surface area (Å²) < 4.78 is 22.1. The second-order valence-corrected chi connectivity index (χ2v) is 15.0. The molecule has 2 bridgehead atoms.